The van der Waals surface area contributed by atoms with E-state index in [9.17, 15) is 4.79 Å². The Kier molecular flexibility index (Phi) is 4.02. The molecule has 1 aliphatic heterocycles. The number of allylic oxidation sites excluding steroid dienone is 1. The second-order valence-electron chi connectivity index (χ2n) is 4.90. The summed E-state index contributed by atoms with van der Waals surface area (Å²) in [6.45, 7) is 4.13. The number of benzene rings is 2. The lowest BCUT2D eigenvalue weighted by molar-refractivity contribution is 0.0993. The van der Waals surface area contributed by atoms with Crippen LogP contribution in [0.5, 0.6) is 11.5 Å². The average molecular weight is 316 g/mol. The van der Waals surface area contributed by atoms with Gasteiger partial charge < -0.3 is 14.8 Å². The summed E-state index contributed by atoms with van der Waals surface area (Å²) >= 11 is 5.81. The summed E-state index contributed by atoms with van der Waals surface area (Å²) in [7, 11) is 0. The first-order valence-electron chi connectivity index (χ1n) is 6.75. The number of hydrogen-bond acceptors (Lipinski definition) is 4. The molecule has 0 saturated carbocycles. The highest BCUT2D eigenvalue weighted by molar-refractivity contribution is 6.30. The number of rotatable bonds is 5. The number of anilines is 1. The second kappa shape index (κ2) is 6.12. The maximum Gasteiger partial charge on any atom is 0.231 e. The Morgan fingerprint density at radius 2 is 1.86 bits per heavy atom. The van der Waals surface area contributed by atoms with Gasteiger partial charge >= 0.3 is 0 Å². The minimum atomic E-state index is -0.0186. The summed E-state index contributed by atoms with van der Waals surface area (Å²) in [4.78, 5) is 12.2. The van der Waals surface area contributed by atoms with Crippen molar-refractivity contribution in [1.29, 1.82) is 0 Å². The zero-order chi connectivity index (χ0) is 15.5. The van der Waals surface area contributed by atoms with Crippen molar-refractivity contribution in [3.63, 3.8) is 0 Å². The molecule has 1 heterocycles. The van der Waals surface area contributed by atoms with Crippen molar-refractivity contribution in [2.75, 3.05) is 12.1 Å². The van der Waals surface area contributed by atoms with Crippen molar-refractivity contribution in [2.45, 2.75) is 6.42 Å². The van der Waals surface area contributed by atoms with Gasteiger partial charge in [-0.15, -0.1) is 0 Å². The SMILES string of the molecule is C=C(CC(=O)c1ccc(Cl)cc1)Nc1ccc2c(c1)OCO2. The van der Waals surface area contributed by atoms with E-state index in [2.05, 4.69) is 11.9 Å². The molecular weight excluding hydrogens is 302 g/mol. The van der Waals surface area contributed by atoms with Crippen molar-refractivity contribution in [1.82, 2.24) is 0 Å². The minimum Gasteiger partial charge on any atom is -0.454 e. The quantitative estimate of drug-likeness (QED) is 0.837. The molecule has 0 amide bonds. The number of nitrogens with one attached hydrogen (secondary N) is 1. The first kappa shape index (κ1) is 14.5. The predicted molar refractivity (Wildman–Crippen MR) is 85.7 cm³/mol. The van der Waals surface area contributed by atoms with Crippen molar-refractivity contribution >= 4 is 23.1 Å². The summed E-state index contributed by atoms with van der Waals surface area (Å²) < 4.78 is 10.6. The number of carbonyl (C=O) groups excluding carboxylic acids is 1. The van der Waals surface area contributed by atoms with Crippen LogP contribution in [0.25, 0.3) is 0 Å². The Bertz CT molecular complexity index is 725. The van der Waals surface area contributed by atoms with Crippen LogP contribution >= 0.6 is 11.6 Å². The van der Waals surface area contributed by atoms with E-state index in [1.54, 1.807) is 24.3 Å². The predicted octanol–water partition coefficient (Wildman–Crippen LogP) is 4.27. The normalized spacial score (nSPS) is 12.0. The van der Waals surface area contributed by atoms with Gasteiger partial charge in [0.1, 0.15) is 0 Å². The van der Waals surface area contributed by atoms with E-state index in [0.29, 0.717) is 27.8 Å². The summed E-state index contributed by atoms with van der Waals surface area (Å²) in [5.74, 6) is 1.38. The van der Waals surface area contributed by atoms with Gasteiger partial charge in [0.15, 0.2) is 17.3 Å². The number of fused-ring (bicyclic) bond motifs is 1. The van der Waals surface area contributed by atoms with Crippen LogP contribution in [0, 0.1) is 0 Å². The number of hydrogen-bond donors (Lipinski definition) is 1. The monoisotopic (exact) mass is 315 g/mol. The van der Waals surface area contributed by atoms with Gasteiger partial charge in [0.05, 0.1) is 6.42 Å². The molecule has 1 N–H and O–H groups in total. The van der Waals surface area contributed by atoms with Gasteiger partial charge in [-0.2, -0.15) is 0 Å². The number of ketones is 1. The third kappa shape index (κ3) is 3.23. The molecule has 1 aliphatic rings. The van der Waals surface area contributed by atoms with Gasteiger partial charge in [0.2, 0.25) is 6.79 Å². The summed E-state index contributed by atoms with van der Waals surface area (Å²) in [5.41, 5.74) is 2.02. The lowest BCUT2D eigenvalue weighted by Gasteiger charge is -2.10. The Labute approximate surface area is 133 Å². The van der Waals surface area contributed by atoms with Gasteiger partial charge in [-0.1, -0.05) is 18.2 Å². The molecule has 4 nitrogen and oxygen atoms in total. The minimum absolute atomic E-state index is 0.0186. The van der Waals surface area contributed by atoms with E-state index in [-0.39, 0.29) is 19.0 Å². The van der Waals surface area contributed by atoms with E-state index >= 15 is 0 Å². The van der Waals surface area contributed by atoms with Crippen LogP contribution in [0.3, 0.4) is 0 Å². The van der Waals surface area contributed by atoms with Crippen molar-refractivity contribution in [3.8, 4) is 11.5 Å². The zero-order valence-electron chi connectivity index (χ0n) is 11.8. The Hall–Kier alpha value is -2.46. The fourth-order valence-corrected chi connectivity index (χ4v) is 2.28. The van der Waals surface area contributed by atoms with E-state index in [4.69, 9.17) is 21.1 Å². The first-order chi connectivity index (χ1) is 10.6. The van der Waals surface area contributed by atoms with E-state index < -0.39 is 0 Å². The average Bonchev–Trinajstić information content (AvgIpc) is 2.95. The molecule has 0 aromatic heterocycles. The highest BCUT2D eigenvalue weighted by atomic mass is 35.5. The number of carbonyl (C=O) groups is 1. The highest BCUT2D eigenvalue weighted by Crippen LogP contribution is 2.34. The molecular formula is C17H14ClNO3. The van der Waals surface area contributed by atoms with E-state index in [1.165, 1.54) is 0 Å². The van der Waals surface area contributed by atoms with Crippen LogP contribution < -0.4 is 14.8 Å². The van der Waals surface area contributed by atoms with Crippen LogP contribution in [0.15, 0.2) is 54.7 Å². The van der Waals surface area contributed by atoms with Gasteiger partial charge in [0.25, 0.3) is 0 Å². The number of ether oxygens (including phenoxy) is 2. The molecule has 0 spiro atoms. The van der Waals surface area contributed by atoms with Crippen LogP contribution in [0.2, 0.25) is 5.02 Å². The first-order valence-corrected chi connectivity index (χ1v) is 7.13. The van der Waals surface area contributed by atoms with Crippen LogP contribution in [-0.4, -0.2) is 12.6 Å². The largest absolute Gasteiger partial charge is 0.454 e. The topological polar surface area (TPSA) is 47.6 Å². The molecule has 0 aliphatic carbocycles. The van der Waals surface area contributed by atoms with Gasteiger partial charge in [-0.05, 0) is 36.4 Å². The number of Topliss-reactive ketones (excluding diaryl/α,β-unsaturated/α-hetero) is 1. The Balaban J connectivity index is 1.62. The molecule has 2 aromatic carbocycles. The molecule has 0 saturated heterocycles. The molecule has 0 unspecified atom stereocenters. The van der Waals surface area contributed by atoms with Crippen molar-refractivity contribution in [2.24, 2.45) is 0 Å². The maximum absolute atomic E-state index is 12.2. The molecule has 3 rings (SSSR count). The molecule has 0 atom stereocenters. The molecule has 0 fully saturated rings. The van der Waals surface area contributed by atoms with Gasteiger partial charge in [-0.3, -0.25) is 4.79 Å². The summed E-state index contributed by atoms with van der Waals surface area (Å²) in [5, 5.41) is 3.71. The summed E-state index contributed by atoms with van der Waals surface area (Å²) in [6, 6.07) is 12.3. The standard InChI is InChI=1S/C17H14ClNO3/c1-11(8-15(20)12-2-4-13(18)5-3-12)19-14-6-7-16-17(9-14)22-10-21-16/h2-7,9,19H,1,8,10H2. The van der Waals surface area contributed by atoms with Gasteiger partial charge in [-0.25, -0.2) is 0 Å². The second-order valence-corrected chi connectivity index (χ2v) is 5.34. The van der Waals surface area contributed by atoms with E-state index in [1.807, 2.05) is 18.2 Å². The van der Waals surface area contributed by atoms with Crippen molar-refractivity contribution < 1.29 is 14.3 Å². The lowest BCUT2D eigenvalue weighted by atomic mass is 10.1. The lowest BCUT2D eigenvalue weighted by Crippen LogP contribution is -2.06. The molecule has 0 radical (unpaired) electrons. The zero-order valence-corrected chi connectivity index (χ0v) is 12.5. The third-order valence-corrected chi connectivity index (χ3v) is 3.49. The summed E-state index contributed by atoms with van der Waals surface area (Å²) in [6.07, 6.45) is 0.204. The molecule has 112 valence electrons. The molecule has 5 heteroatoms. The van der Waals surface area contributed by atoms with Gasteiger partial charge in [0, 0.05) is 28.0 Å². The van der Waals surface area contributed by atoms with Crippen LogP contribution in [-0.2, 0) is 0 Å². The fraction of sp³-hybridized carbons (Fsp3) is 0.118. The smallest absolute Gasteiger partial charge is 0.231 e. The third-order valence-electron chi connectivity index (χ3n) is 3.23. The Morgan fingerprint density at radius 1 is 1.14 bits per heavy atom. The van der Waals surface area contributed by atoms with E-state index in [0.717, 1.165) is 5.69 Å². The molecule has 2 aromatic rings. The van der Waals surface area contributed by atoms with Crippen LogP contribution in [0.1, 0.15) is 16.8 Å². The fourth-order valence-electron chi connectivity index (χ4n) is 2.15. The molecule has 22 heavy (non-hydrogen) atoms. The Morgan fingerprint density at radius 3 is 2.64 bits per heavy atom. The van der Waals surface area contributed by atoms with Crippen LogP contribution in [0.4, 0.5) is 5.69 Å². The maximum atomic E-state index is 12.2. The molecule has 0 bridgehead atoms. The highest BCUT2D eigenvalue weighted by Gasteiger charge is 2.14. The van der Waals surface area contributed by atoms with Crippen molar-refractivity contribution in [3.05, 3.63) is 65.3 Å². The number of halogens is 1.